The molecule has 1 aromatic carbocycles. The van der Waals surface area contributed by atoms with Crippen LogP contribution in [0.5, 0.6) is 0 Å². The number of hydrogen-bond acceptors (Lipinski definition) is 3. The quantitative estimate of drug-likeness (QED) is 0.925. The maximum absolute atomic E-state index is 4.16. The highest BCUT2D eigenvalue weighted by atomic mass is 79.9. The summed E-state index contributed by atoms with van der Waals surface area (Å²) < 4.78 is 1.17. The first kappa shape index (κ1) is 14.7. The van der Waals surface area contributed by atoms with Crippen LogP contribution in [0.2, 0.25) is 0 Å². The molecule has 2 aromatic rings. The number of rotatable bonds is 3. The second-order valence-corrected chi connectivity index (χ2v) is 6.20. The van der Waals surface area contributed by atoms with E-state index >= 15 is 0 Å². The summed E-state index contributed by atoms with van der Waals surface area (Å²) in [5, 5.41) is 3.48. The third-order valence-electron chi connectivity index (χ3n) is 3.96. The van der Waals surface area contributed by atoms with Crippen molar-refractivity contribution < 1.29 is 0 Å². The molecule has 3 rings (SSSR count). The summed E-state index contributed by atoms with van der Waals surface area (Å²) in [6.45, 7) is 4.33. The molecule has 21 heavy (non-hydrogen) atoms. The first-order valence-corrected chi connectivity index (χ1v) is 8.24. The minimum atomic E-state index is 0.281. The zero-order valence-corrected chi connectivity index (χ0v) is 13.6. The van der Waals surface area contributed by atoms with E-state index in [-0.39, 0.29) is 6.04 Å². The molecule has 1 unspecified atom stereocenters. The lowest BCUT2D eigenvalue weighted by molar-refractivity contribution is 0.240. The number of aromatic nitrogens is 1. The van der Waals surface area contributed by atoms with E-state index in [4.69, 9.17) is 0 Å². The summed E-state index contributed by atoms with van der Waals surface area (Å²) >= 11 is 3.72. The van der Waals surface area contributed by atoms with Crippen LogP contribution in [0.25, 0.3) is 0 Å². The molecule has 0 radical (unpaired) electrons. The molecule has 2 heterocycles. The van der Waals surface area contributed by atoms with Gasteiger partial charge in [0.25, 0.3) is 0 Å². The summed E-state index contributed by atoms with van der Waals surface area (Å²) in [4.78, 5) is 6.73. The van der Waals surface area contributed by atoms with Crippen LogP contribution in [-0.4, -0.2) is 36.1 Å². The minimum absolute atomic E-state index is 0.281. The van der Waals surface area contributed by atoms with Crippen LogP contribution < -0.4 is 5.32 Å². The van der Waals surface area contributed by atoms with Crippen LogP contribution >= 0.6 is 15.9 Å². The number of nitrogens with one attached hydrogen (secondary N) is 1. The van der Waals surface area contributed by atoms with E-state index in [9.17, 15) is 0 Å². The fraction of sp³-hybridized carbons (Fsp3) is 0.353. The lowest BCUT2D eigenvalue weighted by atomic mass is 9.97. The number of benzene rings is 1. The van der Waals surface area contributed by atoms with Crippen molar-refractivity contribution in [3.8, 4) is 0 Å². The van der Waals surface area contributed by atoms with E-state index in [2.05, 4.69) is 67.5 Å². The van der Waals surface area contributed by atoms with E-state index in [0.29, 0.717) is 0 Å². The van der Waals surface area contributed by atoms with Crippen molar-refractivity contribution in [3.05, 3.63) is 64.4 Å². The second kappa shape index (κ2) is 7.16. The van der Waals surface area contributed by atoms with Crippen LogP contribution in [0.1, 0.15) is 23.6 Å². The molecule has 1 atom stereocenters. The largest absolute Gasteiger partial charge is 0.315 e. The molecule has 1 fully saturated rings. The molecule has 1 saturated heterocycles. The highest BCUT2D eigenvalue weighted by Gasteiger charge is 2.24. The predicted octanol–water partition coefficient (Wildman–Crippen LogP) is 3.23. The molecule has 0 amide bonds. The maximum atomic E-state index is 4.16. The topological polar surface area (TPSA) is 28.2 Å². The molecule has 0 aliphatic carbocycles. The number of nitrogens with zero attached hydrogens (tertiary/aromatic N) is 2. The zero-order valence-electron chi connectivity index (χ0n) is 12.0. The lowest BCUT2D eigenvalue weighted by Crippen LogP contribution is -2.33. The average molecular weight is 346 g/mol. The zero-order chi connectivity index (χ0) is 14.5. The van der Waals surface area contributed by atoms with Gasteiger partial charge in [-0.25, -0.2) is 0 Å². The van der Waals surface area contributed by atoms with Crippen LogP contribution in [0.3, 0.4) is 0 Å². The Kier molecular flexibility index (Phi) is 5.01. The Bertz CT molecular complexity index is 565. The number of pyridine rings is 1. The predicted molar refractivity (Wildman–Crippen MR) is 89.3 cm³/mol. The number of halogens is 1. The fourth-order valence-electron chi connectivity index (χ4n) is 2.95. The second-order valence-electron chi connectivity index (χ2n) is 5.34. The van der Waals surface area contributed by atoms with Gasteiger partial charge in [-0.1, -0.05) is 34.1 Å². The Balaban J connectivity index is 2.00. The highest BCUT2D eigenvalue weighted by molar-refractivity contribution is 9.10. The third kappa shape index (κ3) is 3.51. The van der Waals surface area contributed by atoms with E-state index in [0.717, 1.165) is 26.2 Å². The Morgan fingerprint density at radius 1 is 1.05 bits per heavy atom. The molecule has 1 aromatic heterocycles. The maximum Gasteiger partial charge on any atom is 0.0614 e. The van der Waals surface area contributed by atoms with Crippen molar-refractivity contribution >= 4 is 15.9 Å². The van der Waals surface area contributed by atoms with Crippen LogP contribution in [0.4, 0.5) is 0 Å². The van der Waals surface area contributed by atoms with E-state index in [1.807, 2.05) is 12.4 Å². The third-order valence-corrected chi connectivity index (χ3v) is 4.68. The van der Waals surface area contributed by atoms with Gasteiger partial charge < -0.3 is 5.32 Å². The average Bonchev–Trinajstić information content (AvgIpc) is 2.80. The molecule has 1 aliphatic rings. The monoisotopic (exact) mass is 345 g/mol. The van der Waals surface area contributed by atoms with Crippen molar-refractivity contribution in [2.24, 2.45) is 0 Å². The normalized spacial score (nSPS) is 18.1. The van der Waals surface area contributed by atoms with E-state index in [1.165, 1.54) is 22.0 Å². The molecule has 0 saturated carbocycles. The highest BCUT2D eigenvalue weighted by Crippen LogP contribution is 2.33. The van der Waals surface area contributed by atoms with Gasteiger partial charge in [0.15, 0.2) is 0 Å². The molecule has 1 aliphatic heterocycles. The summed E-state index contributed by atoms with van der Waals surface area (Å²) in [6, 6.07) is 13.1. The Morgan fingerprint density at radius 2 is 1.86 bits per heavy atom. The van der Waals surface area contributed by atoms with Crippen LogP contribution in [0.15, 0.2) is 53.3 Å². The molecule has 3 nitrogen and oxygen atoms in total. The number of hydrogen-bond donors (Lipinski definition) is 1. The van der Waals surface area contributed by atoms with Crippen LogP contribution in [-0.2, 0) is 0 Å². The smallest absolute Gasteiger partial charge is 0.0614 e. The molecule has 0 spiro atoms. The van der Waals surface area contributed by atoms with Gasteiger partial charge in [0.05, 0.1) is 6.04 Å². The van der Waals surface area contributed by atoms with Crippen molar-refractivity contribution in [3.63, 3.8) is 0 Å². The summed E-state index contributed by atoms with van der Waals surface area (Å²) in [5.74, 6) is 0. The summed E-state index contributed by atoms with van der Waals surface area (Å²) in [7, 11) is 0. The first-order chi connectivity index (χ1) is 10.4. The van der Waals surface area contributed by atoms with Crippen molar-refractivity contribution in [1.29, 1.82) is 0 Å². The molecular weight excluding hydrogens is 326 g/mol. The SMILES string of the molecule is Brc1ccccc1C(c1ccncc1)N1CCCNCC1. The van der Waals surface area contributed by atoms with Gasteiger partial charge in [-0.3, -0.25) is 9.88 Å². The minimum Gasteiger partial charge on any atom is -0.315 e. The van der Waals surface area contributed by atoms with Crippen molar-refractivity contribution in [2.45, 2.75) is 12.5 Å². The van der Waals surface area contributed by atoms with Crippen molar-refractivity contribution in [2.75, 3.05) is 26.2 Å². The van der Waals surface area contributed by atoms with Gasteiger partial charge in [-0.05, 0) is 42.3 Å². The van der Waals surface area contributed by atoms with Crippen LogP contribution in [0, 0.1) is 0 Å². The van der Waals surface area contributed by atoms with Gasteiger partial charge >= 0.3 is 0 Å². The van der Waals surface area contributed by atoms with E-state index < -0.39 is 0 Å². The summed E-state index contributed by atoms with van der Waals surface area (Å²) in [6.07, 6.45) is 4.95. The molecule has 110 valence electrons. The van der Waals surface area contributed by atoms with Gasteiger partial charge in [0.2, 0.25) is 0 Å². The van der Waals surface area contributed by atoms with Gasteiger partial charge in [0.1, 0.15) is 0 Å². The van der Waals surface area contributed by atoms with E-state index in [1.54, 1.807) is 0 Å². The Labute approximate surface area is 134 Å². The fourth-order valence-corrected chi connectivity index (χ4v) is 3.46. The first-order valence-electron chi connectivity index (χ1n) is 7.45. The van der Waals surface area contributed by atoms with Gasteiger partial charge in [-0.2, -0.15) is 0 Å². The molecule has 1 N–H and O–H groups in total. The van der Waals surface area contributed by atoms with Gasteiger partial charge in [0, 0.05) is 36.5 Å². The van der Waals surface area contributed by atoms with Crippen molar-refractivity contribution in [1.82, 2.24) is 15.2 Å². The van der Waals surface area contributed by atoms with Gasteiger partial charge in [-0.15, -0.1) is 0 Å². The molecular formula is C17H20BrN3. The Morgan fingerprint density at radius 3 is 2.67 bits per heavy atom. The Hall–Kier alpha value is -1.23. The lowest BCUT2D eigenvalue weighted by Gasteiger charge is -2.31. The molecule has 0 bridgehead atoms. The molecule has 4 heteroatoms. The standard InChI is InChI=1S/C17H20BrN3/c18-16-5-2-1-4-15(16)17(14-6-9-20-10-7-14)21-12-3-8-19-11-13-21/h1-2,4-7,9-10,17,19H,3,8,11-13H2. The summed E-state index contributed by atoms with van der Waals surface area (Å²) in [5.41, 5.74) is 2.63.